The monoisotopic (exact) mass is 737 g/mol. The number of fused-ring (bicyclic) bond motifs is 9. The van der Waals surface area contributed by atoms with E-state index in [9.17, 15) is 0 Å². The molecular formula is C53H39NOS. The summed E-state index contributed by atoms with van der Waals surface area (Å²) in [6.07, 6.45) is 6.80. The molecule has 0 saturated heterocycles. The summed E-state index contributed by atoms with van der Waals surface area (Å²) in [5, 5.41) is 7.43. The summed E-state index contributed by atoms with van der Waals surface area (Å²) >= 11 is 1.99. The van der Waals surface area contributed by atoms with Gasteiger partial charge in [0, 0.05) is 42.2 Å². The molecule has 268 valence electrons. The van der Waals surface area contributed by atoms with E-state index in [2.05, 4.69) is 175 Å². The molecule has 0 N–H and O–H groups in total. The molecule has 8 aromatic carbocycles. The zero-order valence-electron chi connectivity index (χ0n) is 31.0. The SMILES string of the molecule is c1ccc(-c2cccc3cccc(-c4ccccc4N(c4ccc5sc6c(C78CCC(CC7)C8)cccc6c5c4)c4cccc5c4oc4ccccc45)c23)cc1. The van der Waals surface area contributed by atoms with Crippen molar-refractivity contribution in [3.05, 3.63) is 175 Å². The van der Waals surface area contributed by atoms with E-state index in [4.69, 9.17) is 4.42 Å². The Balaban J connectivity index is 1.12. The number of nitrogens with zero attached hydrogens (tertiary/aromatic N) is 1. The fraction of sp³-hybridized carbons (Fsp3) is 0.132. The van der Waals surface area contributed by atoms with E-state index in [0.717, 1.165) is 44.9 Å². The summed E-state index contributed by atoms with van der Waals surface area (Å²) in [4.78, 5) is 2.45. The largest absolute Gasteiger partial charge is 0.454 e. The van der Waals surface area contributed by atoms with Crippen LogP contribution in [0.3, 0.4) is 0 Å². The fourth-order valence-corrected chi connectivity index (χ4v) is 11.9. The van der Waals surface area contributed by atoms with Crippen molar-refractivity contribution in [2.75, 3.05) is 4.90 Å². The predicted molar refractivity (Wildman–Crippen MR) is 238 cm³/mol. The van der Waals surface area contributed by atoms with Crippen molar-refractivity contribution in [2.24, 2.45) is 5.92 Å². The van der Waals surface area contributed by atoms with Gasteiger partial charge in [-0.3, -0.25) is 0 Å². The quantitative estimate of drug-likeness (QED) is 0.169. The van der Waals surface area contributed by atoms with Gasteiger partial charge in [0.05, 0.1) is 11.4 Å². The lowest BCUT2D eigenvalue weighted by atomic mass is 9.77. The number of rotatable bonds is 6. The van der Waals surface area contributed by atoms with Crippen molar-refractivity contribution in [3.8, 4) is 22.3 Å². The molecule has 10 aromatic rings. The fourth-order valence-electron chi connectivity index (χ4n) is 10.5. The van der Waals surface area contributed by atoms with Crippen molar-refractivity contribution in [1.82, 2.24) is 0 Å². The summed E-state index contributed by atoms with van der Waals surface area (Å²) in [7, 11) is 0. The normalized spacial score (nSPS) is 17.9. The topological polar surface area (TPSA) is 16.4 Å². The molecule has 0 amide bonds. The summed E-state index contributed by atoms with van der Waals surface area (Å²) < 4.78 is 9.63. The number of para-hydroxylation sites is 3. The number of anilines is 3. The van der Waals surface area contributed by atoms with E-state index in [0.29, 0.717) is 5.41 Å². The molecular weight excluding hydrogens is 699 g/mol. The first-order valence-corrected chi connectivity index (χ1v) is 20.9. The number of hydrogen-bond acceptors (Lipinski definition) is 3. The van der Waals surface area contributed by atoms with Gasteiger partial charge < -0.3 is 9.32 Å². The molecule has 2 fully saturated rings. The lowest BCUT2D eigenvalue weighted by molar-refractivity contribution is 0.422. The third-order valence-electron chi connectivity index (χ3n) is 13.1. The van der Waals surface area contributed by atoms with Crippen LogP contribution < -0.4 is 4.90 Å². The number of hydrogen-bond donors (Lipinski definition) is 0. The third kappa shape index (κ3) is 4.80. The molecule has 12 rings (SSSR count). The molecule has 2 aromatic heterocycles. The standard InChI is InChI=1S/C53H39NOS/c1-2-12-35(13-3-1)38-18-8-14-36-15-9-19-41(50(36)38)39-16-4-6-23-46(39)54(47-24-11-20-42-40-17-5-7-25-48(40)55-51(42)47)37-26-27-49-44(32-37)43-21-10-22-45(52(43)56-49)53-30-28-34(33-53)29-31-53/h1-27,32,34H,28-31,33H2. The van der Waals surface area contributed by atoms with Gasteiger partial charge in [-0.25, -0.2) is 0 Å². The van der Waals surface area contributed by atoms with Crippen LogP contribution in [0.1, 0.15) is 37.7 Å². The molecule has 0 aliphatic heterocycles. The van der Waals surface area contributed by atoms with Gasteiger partial charge in [-0.15, -0.1) is 11.3 Å². The Kier molecular flexibility index (Phi) is 7.13. The average molecular weight is 738 g/mol. The van der Waals surface area contributed by atoms with E-state index >= 15 is 0 Å². The number of thiophene rings is 1. The summed E-state index contributed by atoms with van der Waals surface area (Å²) in [6, 6.07) is 62.4. The second kappa shape index (κ2) is 12.4. The minimum atomic E-state index is 0.354. The molecule has 0 spiro atoms. The first kappa shape index (κ1) is 32.1. The second-order valence-electron chi connectivity index (χ2n) is 16.1. The second-order valence-corrected chi connectivity index (χ2v) is 17.1. The lowest BCUT2D eigenvalue weighted by Gasteiger charge is -2.28. The van der Waals surface area contributed by atoms with Crippen LogP contribution in [0, 0.1) is 5.92 Å². The predicted octanol–water partition coefficient (Wildman–Crippen LogP) is 15.7. The molecule has 0 radical (unpaired) electrons. The molecule has 2 aliphatic rings. The van der Waals surface area contributed by atoms with E-state index in [1.54, 1.807) is 5.56 Å². The summed E-state index contributed by atoms with van der Waals surface area (Å²) in [5.74, 6) is 0.909. The highest BCUT2D eigenvalue weighted by atomic mass is 32.1. The molecule has 2 aliphatic carbocycles. The van der Waals surface area contributed by atoms with Gasteiger partial charge in [-0.05, 0) is 113 Å². The van der Waals surface area contributed by atoms with E-state index in [-0.39, 0.29) is 0 Å². The van der Waals surface area contributed by atoms with Crippen molar-refractivity contribution < 1.29 is 4.42 Å². The maximum Gasteiger partial charge on any atom is 0.159 e. The van der Waals surface area contributed by atoms with E-state index < -0.39 is 0 Å². The maximum atomic E-state index is 6.80. The van der Waals surface area contributed by atoms with Crippen molar-refractivity contribution in [3.63, 3.8) is 0 Å². The molecule has 2 heterocycles. The van der Waals surface area contributed by atoms with Crippen LogP contribution in [-0.2, 0) is 5.41 Å². The third-order valence-corrected chi connectivity index (χ3v) is 14.3. The van der Waals surface area contributed by atoms with Crippen LogP contribution in [0.2, 0.25) is 0 Å². The van der Waals surface area contributed by atoms with Gasteiger partial charge in [0.25, 0.3) is 0 Å². The van der Waals surface area contributed by atoms with Gasteiger partial charge in [0.15, 0.2) is 5.58 Å². The Labute approximate surface area is 330 Å². The van der Waals surface area contributed by atoms with Gasteiger partial charge >= 0.3 is 0 Å². The Morgan fingerprint density at radius 2 is 1.25 bits per heavy atom. The first-order valence-electron chi connectivity index (χ1n) is 20.1. The Morgan fingerprint density at radius 1 is 0.554 bits per heavy atom. The molecule has 0 unspecified atom stereocenters. The van der Waals surface area contributed by atoms with E-state index in [1.807, 2.05) is 11.3 Å². The van der Waals surface area contributed by atoms with Crippen LogP contribution in [0.5, 0.6) is 0 Å². The summed E-state index contributed by atoms with van der Waals surface area (Å²) in [5.41, 5.74) is 11.8. The number of furan rings is 1. The van der Waals surface area contributed by atoms with Crippen LogP contribution >= 0.6 is 11.3 Å². The lowest BCUT2D eigenvalue weighted by Crippen LogP contribution is -2.19. The van der Waals surface area contributed by atoms with Crippen LogP contribution in [0.4, 0.5) is 17.1 Å². The molecule has 3 heteroatoms. The average Bonchev–Trinajstić information content (AvgIpc) is 4.06. The van der Waals surface area contributed by atoms with Crippen molar-refractivity contribution in [2.45, 2.75) is 37.5 Å². The van der Waals surface area contributed by atoms with Gasteiger partial charge in [-0.2, -0.15) is 0 Å². The number of benzene rings is 8. The summed E-state index contributed by atoms with van der Waals surface area (Å²) in [6.45, 7) is 0. The maximum absolute atomic E-state index is 6.80. The molecule has 2 bridgehead atoms. The molecule has 2 saturated carbocycles. The van der Waals surface area contributed by atoms with Crippen molar-refractivity contribution >= 4 is 81.3 Å². The molecule has 0 atom stereocenters. The highest BCUT2D eigenvalue weighted by Gasteiger charge is 2.46. The Morgan fingerprint density at radius 3 is 2.11 bits per heavy atom. The van der Waals surface area contributed by atoms with Gasteiger partial charge in [-0.1, -0.05) is 133 Å². The smallest absolute Gasteiger partial charge is 0.159 e. The first-order chi connectivity index (χ1) is 27.7. The minimum absolute atomic E-state index is 0.354. The Hall–Kier alpha value is -6.16. The Bertz CT molecular complexity index is 3140. The van der Waals surface area contributed by atoms with Crippen LogP contribution in [0.15, 0.2) is 174 Å². The highest BCUT2D eigenvalue weighted by molar-refractivity contribution is 7.26. The van der Waals surface area contributed by atoms with Gasteiger partial charge in [0.2, 0.25) is 0 Å². The molecule has 2 nitrogen and oxygen atoms in total. The van der Waals surface area contributed by atoms with Crippen LogP contribution in [0.25, 0.3) is 75.1 Å². The van der Waals surface area contributed by atoms with Crippen molar-refractivity contribution in [1.29, 1.82) is 0 Å². The van der Waals surface area contributed by atoms with Gasteiger partial charge in [0.1, 0.15) is 5.58 Å². The zero-order valence-corrected chi connectivity index (χ0v) is 31.9. The minimum Gasteiger partial charge on any atom is -0.454 e. The molecule has 56 heavy (non-hydrogen) atoms. The van der Waals surface area contributed by atoms with Crippen LogP contribution in [-0.4, -0.2) is 0 Å². The highest BCUT2D eigenvalue weighted by Crippen LogP contribution is 2.58. The van der Waals surface area contributed by atoms with E-state index in [1.165, 1.54) is 85.3 Å². The zero-order chi connectivity index (χ0) is 36.8.